The van der Waals surface area contributed by atoms with E-state index < -0.39 is 31.5 Å². The summed E-state index contributed by atoms with van der Waals surface area (Å²) in [4.78, 5) is 57.7. The molecule has 47 heavy (non-hydrogen) atoms. The fraction of sp³-hybridized carbons (Fsp3) is 0.417. The maximum absolute atomic E-state index is 14.8. The molecule has 0 saturated carbocycles. The molecule has 2 saturated heterocycles. The predicted molar refractivity (Wildman–Crippen MR) is 186 cm³/mol. The van der Waals surface area contributed by atoms with Crippen molar-refractivity contribution < 1.29 is 29.0 Å². The molecule has 0 radical (unpaired) electrons. The fourth-order valence-electron chi connectivity index (χ4n) is 7.81. The van der Waals surface area contributed by atoms with E-state index in [2.05, 4.69) is 15.9 Å². The second kappa shape index (κ2) is 13.3. The summed E-state index contributed by atoms with van der Waals surface area (Å²) in [6.45, 7) is 6.98. The Labute approximate surface area is 285 Å². The second-order valence-corrected chi connectivity index (χ2v) is 18.3. The third-order valence-corrected chi connectivity index (χ3v) is 12.9. The lowest BCUT2D eigenvalue weighted by molar-refractivity contribution is -0.150. The monoisotopic (exact) mass is 719 g/mol. The number of ether oxygens (including phenoxy) is 1. The Bertz CT molecular complexity index is 1650. The SMILES string of the molecule is C[C@@H]1[C@@H]([Si](C)(C)O)[C@H](CC(=O)N(CCO)Cc2ccccc2)O[C@@]12C(=O)N(Cc1ccc(N3CCCC3=O)cc1)c1ccc(Br)cc12. The first-order valence-corrected chi connectivity index (χ1v) is 20.1. The zero-order chi connectivity index (χ0) is 33.5. The number of aliphatic hydroxyl groups excluding tert-OH is 1. The van der Waals surface area contributed by atoms with Crippen LogP contribution in [0.3, 0.4) is 0 Å². The van der Waals surface area contributed by atoms with Crippen molar-refractivity contribution in [2.24, 2.45) is 5.92 Å². The van der Waals surface area contributed by atoms with Crippen molar-refractivity contribution >= 4 is 53.3 Å². The highest BCUT2D eigenvalue weighted by Crippen LogP contribution is 2.60. The summed E-state index contributed by atoms with van der Waals surface area (Å²) in [5.41, 5.74) is 2.37. The van der Waals surface area contributed by atoms with E-state index in [1.807, 2.05) is 92.8 Å². The molecule has 2 N–H and O–H groups in total. The largest absolute Gasteiger partial charge is 0.432 e. The van der Waals surface area contributed by atoms with Crippen LogP contribution in [-0.4, -0.2) is 66.6 Å². The molecule has 0 bridgehead atoms. The topological polar surface area (TPSA) is 111 Å². The zero-order valence-electron chi connectivity index (χ0n) is 27.1. The first-order valence-electron chi connectivity index (χ1n) is 16.3. The number of amides is 3. The van der Waals surface area contributed by atoms with Gasteiger partial charge in [-0.05, 0) is 61.0 Å². The van der Waals surface area contributed by atoms with E-state index in [-0.39, 0.29) is 37.3 Å². The molecule has 0 aliphatic carbocycles. The van der Waals surface area contributed by atoms with Gasteiger partial charge in [-0.2, -0.15) is 0 Å². The van der Waals surface area contributed by atoms with Gasteiger partial charge in [0.2, 0.25) is 11.8 Å². The number of fused-ring (bicyclic) bond motifs is 2. The summed E-state index contributed by atoms with van der Waals surface area (Å²) in [7, 11) is -2.98. The molecule has 3 amide bonds. The van der Waals surface area contributed by atoms with E-state index in [1.165, 1.54) is 0 Å². The van der Waals surface area contributed by atoms with E-state index in [4.69, 9.17) is 4.74 Å². The number of halogens is 1. The molecular weight excluding hydrogens is 678 g/mol. The van der Waals surface area contributed by atoms with Crippen LogP contribution in [0.15, 0.2) is 77.3 Å². The van der Waals surface area contributed by atoms with E-state index in [1.54, 1.807) is 14.7 Å². The summed E-state index contributed by atoms with van der Waals surface area (Å²) >= 11 is 3.60. The predicted octanol–water partition coefficient (Wildman–Crippen LogP) is 5.33. The Morgan fingerprint density at radius 2 is 1.79 bits per heavy atom. The van der Waals surface area contributed by atoms with E-state index in [9.17, 15) is 24.3 Å². The van der Waals surface area contributed by atoms with Crippen LogP contribution in [0.5, 0.6) is 0 Å². The molecule has 1 spiro atoms. The number of carbonyl (C=O) groups excluding carboxylic acids is 3. The number of nitrogens with zero attached hydrogens (tertiary/aromatic N) is 3. The number of hydrogen-bond donors (Lipinski definition) is 2. The lowest BCUT2D eigenvalue weighted by Gasteiger charge is -2.32. The van der Waals surface area contributed by atoms with Gasteiger partial charge in [0.1, 0.15) is 0 Å². The van der Waals surface area contributed by atoms with Crippen LogP contribution in [0.2, 0.25) is 18.6 Å². The molecule has 3 aromatic rings. The molecule has 9 nitrogen and oxygen atoms in total. The second-order valence-electron chi connectivity index (χ2n) is 13.5. The summed E-state index contributed by atoms with van der Waals surface area (Å²) in [5.74, 6) is -0.708. The Balaban J connectivity index is 1.31. The van der Waals surface area contributed by atoms with Crippen LogP contribution in [0.25, 0.3) is 0 Å². The molecule has 11 heteroatoms. The van der Waals surface area contributed by atoms with Gasteiger partial charge in [-0.1, -0.05) is 65.3 Å². The molecule has 3 aromatic carbocycles. The average Bonchev–Trinajstić information content (AvgIpc) is 3.66. The number of rotatable bonds is 10. The fourth-order valence-corrected chi connectivity index (χ4v) is 10.7. The molecule has 2 fully saturated rings. The number of benzene rings is 3. The Morgan fingerprint density at radius 3 is 2.43 bits per heavy atom. The normalized spacial score (nSPS) is 24.0. The molecular formula is C36H42BrN3O6Si. The van der Waals surface area contributed by atoms with Crippen molar-refractivity contribution in [2.75, 3.05) is 29.5 Å². The van der Waals surface area contributed by atoms with Crippen molar-refractivity contribution in [3.05, 3.63) is 94.0 Å². The first-order chi connectivity index (χ1) is 22.4. The zero-order valence-corrected chi connectivity index (χ0v) is 29.7. The molecule has 3 aliphatic heterocycles. The minimum Gasteiger partial charge on any atom is -0.432 e. The molecule has 0 unspecified atom stereocenters. The summed E-state index contributed by atoms with van der Waals surface area (Å²) in [5, 5.41) is 9.79. The molecule has 3 heterocycles. The standard InChI is InChI=1S/C36H42BrN3O6Si/c1-24-34(47(2,3)45)31(21-33(43)38(18-19-41)22-25-8-5-4-6-9-25)46-36(24)29-20-27(37)13-16-30(29)40(35(36)44)23-26-11-14-28(15-12-26)39-17-7-10-32(39)42/h4-6,8-9,11-16,20,24,31,34,41,45H,7,10,17-19,21-23H2,1-3H3/t24-,31+,34-,36+/m1/s1. The minimum atomic E-state index is -2.98. The maximum Gasteiger partial charge on any atom is 0.264 e. The highest BCUT2D eigenvalue weighted by atomic mass is 79.9. The molecule has 4 atom stereocenters. The van der Waals surface area contributed by atoms with Crippen LogP contribution >= 0.6 is 15.9 Å². The van der Waals surface area contributed by atoms with Gasteiger partial charge in [0.15, 0.2) is 13.9 Å². The highest BCUT2D eigenvalue weighted by molar-refractivity contribution is 9.10. The molecule has 0 aromatic heterocycles. The van der Waals surface area contributed by atoms with Crippen LogP contribution in [0.4, 0.5) is 11.4 Å². The van der Waals surface area contributed by atoms with Crippen molar-refractivity contribution in [1.82, 2.24) is 4.90 Å². The van der Waals surface area contributed by atoms with Gasteiger partial charge < -0.3 is 29.3 Å². The number of hydrogen-bond acceptors (Lipinski definition) is 6. The number of anilines is 2. The Hall–Kier alpha value is -3.35. The van der Waals surface area contributed by atoms with E-state index in [0.29, 0.717) is 26.1 Å². The van der Waals surface area contributed by atoms with Crippen molar-refractivity contribution in [3.8, 4) is 0 Å². The van der Waals surface area contributed by atoms with Gasteiger partial charge in [0, 0.05) is 53.2 Å². The first kappa shape index (κ1) is 33.5. The minimum absolute atomic E-state index is 0.0200. The molecule has 248 valence electrons. The molecule has 6 rings (SSSR count). The smallest absolute Gasteiger partial charge is 0.264 e. The van der Waals surface area contributed by atoms with Crippen molar-refractivity contribution in [2.45, 2.75) is 69.6 Å². The Morgan fingerprint density at radius 1 is 1.06 bits per heavy atom. The summed E-state index contributed by atoms with van der Waals surface area (Å²) in [6.07, 6.45) is 0.690. The van der Waals surface area contributed by atoms with Gasteiger partial charge in [-0.3, -0.25) is 14.4 Å². The maximum atomic E-state index is 14.8. The summed E-state index contributed by atoms with van der Waals surface area (Å²) < 4.78 is 7.68. The van der Waals surface area contributed by atoms with E-state index >= 15 is 0 Å². The number of aliphatic hydroxyl groups is 1. The molecule has 3 aliphatic rings. The third-order valence-electron chi connectivity index (χ3n) is 9.92. The average molecular weight is 721 g/mol. The third kappa shape index (κ3) is 6.31. The van der Waals surface area contributed by atoms with E-state index in [0.717, 1.165) is 39.0 Å². The van der Waals surface area contributed by atoms with Gasteiger partial charge >= 0.3 is 0 Å². The van der Waals surface area contributed by atoms with Crippen molar-refractivity contribution in [1.29, 1.82) is 0 Å². The van der Waals surface area contributed by atoms with Crippen LogP contribution in [0, 0.1) is 5.92 Å². The lowest BCUT2D eigenvalue weighted by Crippen LogP contribution is -2.46. The van der Waals surface area contributed by atoms with Crippen molar-refractivity contribution in [3.63, 3.8) is 0 Å². The lowest BCUT2D eigenvalue weighted by atomic mass is 9.82. The quantitative estimate of drug-likeness (QED) is 0.274. The van der Waals surface area contributed by atoms with Crippen LogP contribution in [0.1, 0.15) is 42.9 Å². The van der Waals surface area contributed by atoms with Gasteiger partial charge in [0.25, 0.3) is 5.91 Å². The highest BCUT2D eigenvalue weighted by Gasteiger charge is 2.66. The number of carbonyl (C=O) groups is 3. The Kier molecular flexibility index (Phi) is 9.47. The van der Waals surface area contributed by atoms with Crippen LogP contribution < -0.4 is 9.80 Å². The van der Waals surface area contributed by atoms with Gasteiger partial charge in [-0.25, -0.2) is 0 Å². The van der Waals surface area contributed by atoms with Gasteiger partial charge in [-0.15, -0.1) is 0 Å². The summed E-state index contributed by atoms with van der Waals surface area (Å²) in [6, 6.07) is 23.1. The van der Waals surface area contributed by atoms with Gasteiger partial charge in [0.05, 0.1) is 31.4 Å². The van der Waals surface area contributed by atoms with Crippen LogP contribution in [-0.2, 0) is 37.8 Å².